The van der Waals surface area contributed by atoms with E-state index in [1.54, 1.807) is 6.20 Å². The Bertz CT molecular complexity index is 755. The Morgan fingerprint density at radius 1 is 1.11 bits per heavy atom. The number of fused-ring (bicyclic) bond motifs is 5. The van der Waals surface area contributed by atoms with Crippen molar-refractivity contribution in [3.05, 3.63) is 60.3 Å². The van der Waals surface area contributed by atoms with Crippen molar-refractivity contribution in [1.29, 1.82) is 0 Å². The van der Waals surface area contributed by atoms with Gasteiger partial charge in [0.1, 0.15) is 5.75 Å². The summed E-state index contributed by atoms with van der Waals surface area (Å²) in [7, 11) is 0. The summed E-state index contributed by atoms with van der Waals surface area (Å²) in [4.78, 5) is 4.41. The van der Waals surface area contributed by atoms with Crippen molar-refractivity contribution in [3.63, 3.8) is 0 Å². The van der Waals surface area contributed by atoms with Gasteiger partial charge in [-0.3, -0.25) is 0 Å². The van der Waals surface area contributed by atoms with Crippen LogP contribution in [-0.2, 0) is 26.7 Å². The minimum absolute atomic E-state index is 0. The summed E-state index contributed by atoms with van der Waals surface area (Å²) in [6, 6.07) is 17.5. The summed E-state index contributed by atoms with van der Waals surface area (Å²) in [6.07, 6.45) is 1.79. The zero-order chi connectivity index (χ0) is 11.9. The van der Waals surface area contributed by atoms with Crippen LogP contribution < -0.4 is 4.74 Å². The number of ether oxygens (including phenoxy) is 1. The third-order valence-electron chi connectivity index (χ3n) is 3.34. The molecule has 1 radical (unpaired) electrons. The zero-order valence-electron chi connectivity index (χ0n) is 10.0. The van der Waals surface area contributed by atoms with Gasteiger partial charge in [0.05, 0.1) is 6.61 Å². The van der Waals surface area contributed by atoms with Crippen LogP contribution in [0.5, 0.6) is 5.75 Å². The molecule has 0 saturated carbocycles. The van der Waals surface area contributed by atoms with Crippen molar-refractivity contribution < 1.29 is 24.8 Å². The van der Waals surface area contributed by atoms with Crippen LogP contribution >= 0.6 is 0 Å². The van der Waals surface area contributed by atoms with E-state index in [1.165, 1.54) is 16.3 Å². The molecule has 3 heteroatoms. The number of pyridine rings is 1. The molecular weight excluding hydrogens is 414 g/mol. The summed E-state index contributed by atoms with van der Waals surface area (Å²) in [6.45, 7) is 0.589. The number of hydrogen-bond acceptors (Lipinski definition) is 2. The third kappa shape index (κ3) is 1.86. The Labute approximate surface area is 124 Å². The predicted octanol–water partition coefficient (Wildman–Crippen LogP) is 3.59. The standard InChI is InChI=1S/C16H10NO.Ir/c1-2-5-12-11(4-1)7-8-13-14(12)10-18-15-6-3-9-17-16(13)15;/h1-7,9H,10H2;/q-1;. The van der Waals surface area contributed by atoms with E-state index in [0.717, 1.165) is 17.0 Å². The molecular formula is C16H10IrNO-. The maximum Gasteiger partial charge on any atom is 0.103 e. The predicted molar refractivity (Wildman–Crippen MR) is 70.3 cm³/mol. The number of nitrogens with zero attached hydrogens (tertiary/aromatic N) is 1. The van der Waals surface area contributed by atoms with Gasteiger partial charge in [0.25, 0.3) is 0 Å². The van der Waals surface area contributed by atoms with Crippen molar-refractivity contribution in [2.24, 2.45) is 0 Å². The second-order valence-corrected chi connectivity index (χ2v) is 4.37. The molecule has 1 aromatic heterocycles. The Morgan fingerprint density at radius 2 is 2.00 bits per heavy atom. The van der Waals surface area contributed by atoms with Crippen LogP contribution in [0.15, 0.2) is 48.7 Å². The van der Waals surface area contributed by atoms with Gasteiger partial charge in [-0.25, -0.2) is 0 Å². The molecule has 2 nitrogen and oxygen atoms in total. The molecule has 0 saturated heterocycles. The van der Waals surface area contributed by atoms with E-state index in [9.17, 15) is 0 Å². The Morgan fingerprint density at radius 3 is 2.95 bits per heavy atom. The number of rotatable bonds is 0. The van der Waals surface area contributed by atoms with E-state index < -0.39 is 0 Å². The van der Waals surface area contributed by atoms with Crippen LogP contribution in [0, 0.1) is 6.07 Å². The van der Waals surface area contributed by atoms with E-state index in [0.29, 0.717) is 6.61 Å². The second kappa shape index (κ2) is 4.76. The Kier molecular flexibility index (Phi) is 3.09. The molecule has 0 spiro atoms. The molecule has 0 N–H and O–H groups in total. The number of benzene rings is 2. The van der Waals surface area contributed by atoms with Gasteiger partial charge in [-0.1, -0.05) is 40.6 Å². The van der Waals surface area contributed by atoms with E-state index >= 15 is 0 Å². The van der Waals surface area contributed by atoms with E-state index in [1.807, 2.05) is 24.3 Å². The van der Waals surface area contributed by atoms with Gasteiger partial charge in [-0.2, -0.15) is 0 Å². The summed E-state index contributed by atoms with van der Waals surface area (Å²) in [5.41, 5.74) is 3.14. The largest absolute Gasteiger partial charge is 0.506 e. The summed E-state index contributed by atoms with van der Waals surface area (Å²) in [5, 5.41) is 2.42. The maximum absolute atomic E-state index is 5.78. The van der Waals surface area contributed by atoms with Gasteiger partial charge in [-0.05, 0) is 12.1 Å². The van der Waals surface area contributed by atoms with Crippen LogP contribution in [0.2, 0.25) is 0 Å². The molecule has 0 unspecified atom stereocenters. The van der Waals surface area contributed by atoms with Crippen LogP contribution in [0.25, 0.3) is 22.0 Å². The Hall–Kier alpha value is -1.70. The molecule has 1 aliphatic heterocycles. The van der Waals surface area contributed by atoms with Gasteiger partial charge in [0.15, 0.2) is 0 Å². The first kappa shape index (κ1) is 12.3. The average Bonchev–Trinajstić information content (AvgIpc) is 2.46. The van der Waals surface area contributed by atoms with E-state index in [-0.39, 0.29) is 20.1 Å². The first-order valence-corrected chi connectivity index (χ1v) is 5.94. The van der Waals surface area contributed by atoms with E-state index in [4.69, 9.17) is 4.74 Å². The Balaban J connectivity index is 0.00000110. The average molecular weight is 424 g/mol. The van der Waals surface area contributed by atoms with Gasteiger partial charge in [0.2, 0.25) is 0 Å². The van der Waals surface area contributed by atoms with Crippen molar-refractivity contribution in [3.8, 4) is 17.0 Å². The van der Waals surface area contributed by atoms with E-state index in [2.05, 4.69) is 29.2 Å². The fourth-order valence-electron chi connectivity index (χ4n) is 2.48. The molecule has 0 amide bonds. The van der Waals surface area contributed by atoms with Crippen molar-refractivity contribution in [2.45, 2.75) is 6.61 Å². The van der Waals surface area contributed by atoms with Crippen molar-refractivity contribution in [1.82, 2.24) is 4.98 Å². The molecule has 4 rings (SSSR count). The van der Waals surface area contributed by atoms with Gasteiger partial charge < -0.3 is 9.72 Å². The van der Waals surface area contributed by atoms with Gasteiger partial charge in [-0.15, -0.1) is 17.7 Å². The summed E-state index contributed by atoms with van der Waals surface area (Å²) in [5.74, 6) is 0.844. The van der Waals surface area contributed by atoms with Crippen molar-refractivity contribution >= 4 is 10.8 Å². The fourth-order valence-corrected chi connectivity index (χ4v) is 2.48. The fraction of sp³-hybridized carbons (Fsp3) is 0.0625. The van der Waals surface area contributed by atoms with Crippen LogP contribution in [0.1, 0.15) is 5.56 Å². The quantitative estimate of drug-likeness (QED) is 0.515. The maximum atomic E-state index is 5.78. The number of hydrogen-bond donors (Lipinski definition) is 0. The normalized spacial score (nSPS) is 12.0. The first-order valence-electron chi connectivity index (χ1n) is 5.94. The molecule has 19 heavy (non-hydrogen) atoms. The molecule has 3 aromatic rings. The minimum Gasteiger partial charge on any atom is -0.506 e. The molecule has 95 valence electrons. The van der Waals surface area contributed by atoms with Crippen LogP contribution in [-0.4, -0.2) is 4.98 Å². The summed E-state index contributed by atoms with van der Waals surface area (Å²) >= 11 is 0. The molecule has 0 bridgehead atoms. The molecule has 2 heterocycles. The molecule has 1 aliphatic rings. The molecule has 0 atom stereocenters. The minimum atomic E-state index is 0. The first-order chi connectivity index (χ1) is 8.93. The molecule has 0 fully saturated rings. The van der Waals surface area contributed by atoms with Crippen LogP contribution in [0.3, 0.4) is 0 Å². The smallest absolute Gasteiger partial charge is 0.103 e. The second-order valence-electron chi connectivity index (χ2n) is 4.37. The van der Waals surface area contributed by atoms with Crippen molar-refractivity contribution in [2.75, 3.05) is 0 Å². The zero-order valence-corrected chi connectivity index (χ0v) is 12.4. The van der Waals surface area contributed by atoms with Crippen LogP contribution in [0.4, 0.5) is 0 Å². The monoisotopic (exact) mass is 425 g/mol. The third-order valence-corrected chi connectivity index (χ3v) is 3.34. The summed E-state index contributed by atoms with van der Waals surface area (Å²) < 4.78 is 5.78. The molecule has 0 aliphatic carbocycles. The SMILES string of the molecule is [Ir].[c-]1cc2ccccc2c2c1-c1ncccc1OC2. The number of aromatic nitrogens is 1. The van der Waals surface area contributed by atoms with Gasteiger partial charge >= 0.3 is 0 Å². The topological polar surface area (TPSA) is 22.1 Å². The molecule has 2 aromatic carbocycles. The van der Waals surface area contributed by atoms with Gasteiger partial charge in [0, 0.05) is 32.0 Å².